The molecule has 186 valence electrons. The molecule has 0 saturated heterocycles. The summed E-state index contributed by atoms with van der Waals surface area (Å²) in [4.78, 5) is 25.0. The number of carbonyl (C=O) groups excluding carboxylic acids is 1. The van der Waals surface area contributed by atoms with Crippen LogP contribution in [0.2, 0.25) is 0 Å². The molecule has 0 bridgehead atoms. The second kappa shape index (κ2) is 10.2. The Hall–Kier alpha value is -3.29. The van der Waals surface area contributed by atoms with E-state index in [1.54, 1.807) is 22.7 Å². The number of fused-ring (bicyclic) bond motifs is 2. The Morgan fingerprint density at radius 3 is 2.62 bits per heavy atom. The zero-order chi connectivity index (χ0) is 25.4. The van der Waals surface area contributed by atoms with Crippen LogP contribution >= 0.6 is 23.1 Å². The first-order chi connectivity index (χ1) is 18.1. The summed E-state index contributed by atoms with van der Waals surface area (Å²) in [5, 5.41) is 8.72. The Balaban J connectivity index is 1.32. The summed E-state index contributed by atoms with van der Waals surface area (Å²) in [7, 11) is 0. The van der Waals surface area contributed by atoms with Crippen molar-refractivity contribution in [1.82, 2.24) is 15.0 Å². The van der Waals surface area contributed by atoms with Gasteiger partial charge in [-0.1, -0.05) is 72.4 Å². The normalized spacial score (nSPS) is 20.3. The molecule has 1 amide bonds. The third-order valence-corrected chi connectivity index (χ3v) is 9.39. The molecule has 0 spiro atoms. The summed E-state index contributed by atoms with van der Waals surface area (Å²) < 4.78 is 0. The van der Waals surface area contributed by atoms with Crippen LogP contribution in [0.4, 0.5) is 0 Å². The Morgan fingerprint density at radius 2 is 1.84 bits per heavy atom. The number of allylic oxidation sites excluding steroid dienone is 1. The monoisotopic (exact) mass is 524 g/mol. The minimum absolute atomic E-state index is 0.0104. The first-order valence-corrected chi connectivity index (χ1v) is 14.5. The molecule has 2 atom stereocenters. The Morgan fingerprint density at radius 1 is 1.08 bits per heavy atom. The third-order valence-electron chi connectivity index (χ3n) is 7.30. The van der Waals surface area contributed by atoms with Crippen LogP contribution in [0.3, 0.4) is 0 Å². The van der Waals surface area contributed by atoms with Gasteiger partial charge >= 0.3 is 0 Å². The van der Waals surface area contributed by atoms with Gasteiger partial charge in [0.25, 0.3) is 5.91 Å². The maximum Gasteiger partial charge on any atom is 0.253 e. The lowest BCUT2D eigenvalue weighted by molar-refractivity contribution is -0.130. The highest BCUT2D eigenvalue weighted by Crippen LogP contribution is 2.45. The minimum atomic E-state index is -0.0840. The Kier molecular flexibility index (Phi) is 6.65. The third kappa shape index (κ3) is 4.62. The first-order valence-electron chi connectivity index (χ1n) is 12.6. The molecular formula is C30H28N4OS2. The van der Waals surface area contributed by atoms with Gasteiger partial charge in [-0.15, -0.1) is 11.3 Å². The molecule has 4 aromatic rings. The number of hydrogen-bond acceptors (Lipinski definition) is 6. The number of hydrogen-bond donors (Lipinski definition) is 0. The number of aromatic nitrogens is 2. The smallest absolute Gasteiger partial charge is 0.253 e. The van der Waals surface area contributed by atoms with E-state index in [1.807, 2.05) is 24.3 Å². The SMILES string of the molecule is Cc1sc2ncnc(SCC(=O)N3N=C4/C(=C\c5ccccc5)CCCC4C3c3ccccc3)c2c1C. The zero-order valence-corrected chi connectivity index (χ0v) is 22.6. The van der Waals surface area contributed by atoms with Crippen LogP contribution in [0.5, 0.6) is 0 Å². The lowest BCUT2D eigenvalue weighted by Crippen LogP contribution is -2.32. The molecular weight excluding hydrogens is 496 g/mol. The van der Waals surface area contributed by atoms with Crippen LogP contribution in [-0.4, -0.2) is 32.3 Å². The second-order valence-electron chi connectivity index (χ2n) is 9.59. The van der Waals surface area contributed by atoms with Gasteiger partial charge in [-0.3, -0.25) is 4.79 Å². The number of nitrogens with zero attached hydrogens (tertiary/aromatic N) is 4. The van der Waals surface area contributed by atoms with Gasteiger partial charge in [0.2, 0.25) is 0 Å². The number of aryl methyl sites for hydroxylation is 2. The predicted molar refractivity (Wildman–Crippen MR) is 153 cm³/mol. The van der Waals surface area contributed by atoms with Gasteiger partial charge in [-0.2, -0.15) is 5.10 Å². The topological polar surface area (TPSA) is 58.5 Å². The van der Waals surface area contributed by atoms with Crippen molar-refractivity contribution in [3.05, 3.63) is 94.1 Å². The van der Waals surface area contributed by atoms with Crippen LogP contribution in [0.25, 0.3) is 16.3 Å². The summed E-state index contributed by atoms with van der Waals surface area (Å²) in [6.07, 6.45) is 6.95. The standard InChI is InChI=1S/C30H28N4OS2/c1-19-20(2)37-30-26(19)29(31-18-32-30)36-17-25(35)34-28(22-12-7-4-8-13-22)24-15-9-14-23(27(24)33-34)16-21-10-5-3-6-11-21/h3-8,10-13,16,18,24,28H,9,14-15,17H2,1-2H3/b23-16-. The molecule has 6 rings (SSSR count). The van der Waals surface area contributed by atoms with Gasteiger partial charge in [0, 0.05) is 16.2 Å². The fourth-order valence-corrected chi connectivity index (χ4v) is 7.37. The molecule has 1 aliphatic heterocycles. The summed E-state index contributed by atoms with van der Waals surface area (Å²) >= 11 is 3.16. The summed E-state index contributed by atoms with van der Waals surface area (Å²) in [6, 6.07) is 20.7. The number of carbonyl (C=O) groups is 1. The van der Waals surface area contributed by atoms with Crippen molar-refractivity contribution >= 4 is 51.0 Å². The highest BCUT2D eigenvalue weighted by molar-refractivity contribution is 8.00. The lowest BCUT2D eigenvalue weighted by Gasteiger charge is -2.29. The number of benzene rings is 2. The van der Waals surface area contributed by atoms with E-state index < -0.39 is 0 Å². The average molecular weight is 525 g/mol. The van der Waals surface area contributed by atoms with Gasteiger partial charge in [-0.25, -0.2) is 15.0 Å². The Bertz CT molecular complexity index is 1510. The summed E-state index contributed by atoms with van der Waals surface area (Å²) in [5.74, 6) is 0.495. The van der Waals surface area contributed by atoms with Crippen molar-refractivity contribution in [2.75, 3.05) is 5.75 Å². The van der Waals surface area contributed by atoms with Crippen molar-refractivity contribution < 1.29 is 4.79 Å². The van der Waals surface area contributed by atoms with Gasteiger partial charge in [0.1, 0.15) is 16.2 Å². The van der Waals surface area contributed by atoms with E-state index in [0.29, 0.717) is 0 Å². The zero-order valence-electron chi connectivity index (χ0n) is 20.9. The maximum atomic E-state index is 13.8. The maximum absolute atomic E-state index is 13.8. The van der Waals surface area contributed by atoms with Gasteiger partial charge in [0.05, 0.1) is 17.5 Å². The van der Waals surface area contributed by atoms with E-state index in [-0.39, 0.29) is 23.6 Å². The van der Waals surface area contributed by atoms with Crippen LogP contribution < -0.4 is 0 Å². The molecule has 2 aromatic heterocycles. The highest BCUT2D eigenvalue weighted by atomic mass is 32.2. The van der Waals surface area contributed by atoms with E-state index in [9.17, 15) is 4.79 Å². The van der Waals surface area contributed by atoms with Gasteiger partial charge in [0.15, 0.2) is 0 Å². The first kappa shape index (κ1) is 24.1. The molecule has 0 N–H and O–H groups in total. The number of hydrazone groups is 1. The van der Waals surface area contributed by atoms with E-state index >= 15 is 0 Å². The van der Waals surface area contributed by atoms with E-state index in [2.05, 4.69) is 66.3 Å². The quantitative estimate of drug-likeness (QED) is 0.204. The van der Waals surface area contributed by atoms with E-state index in [0.717, 1.165) is 45.8 Å². The number of thioether (sulfide) groups is 1. The van der Waals surface area contributed by atoms with Crippen LogP contribution in [-0.2, 0) is 4.79 Å². The van der Waals surface area contributed by atoms with Crippen LogP contribution in [0.1, 0.15) is 46.9 Å². The summed E-state index contributed by atoms with van der Waals surface area (Å²) in [6.45, 7) is 4.21. The molecule has 5 nitrogen and oxygen atoms in total. The molecule has 1 aliphatic carbocycles. The molecule has 2 unspecified atom stereocenters. The summed E-state index contributed by atoms with van der Waals surface area (Å²) in [5.41, 5.74) is 5.82. The van der Waals surface area contributed by atoms with Crippen LogP contribution in [0, 0.1) is 19.8 Å². The lowest BCUT2D eigenvalue weighted by atomic mass is 9.77. The van der Waals surface area contributed by atoms with E-state index in [4.69, 9.17) is 5.10 Å². The van der Waals surface area contributed by atoms with Crippen molar-refractivity contribution in [1.29, 1.82) is 0 Å². The number of thiophene rings is 1. The molecule has 2 aromatic carbocycles. The van der Waals surface area contributed by atoms with Crippen molar-refractivity contribution in [3.8, 4) is 0 Å². The van der Waals surface area contributed by atoms with Crippen molar-refractivity contribution in [3.63, 3.8) is 0 Å². The predicted octanol–water partition coefficient (Wildman–Crippen LogP) is 7.22. The number of rotatable bonds is 5. The van der Waals surface area contributed by atoms with Crippen LogP contribution in [0.15, 0.2) is 82.7 Å². The average Bonchev–Trinajstić information content (AvgIpc) is 3.46. The molecule has 37 heavy (non-hydrogen) atoms. The van der Waals surface area contributed by atoms with Crippen molar-refractivity contribution in [2.45, 2.75) is 44.2 Å². The molecule has 1 fully saturated rings. The molecule has 1 saturated carbocycles. The highest BCUT2D eigenvalue weighted by Gasteiger charge is 2.43. The fourth-order valence-electron chi connectivity index (χ4n) is 5.40. The second-order valence-corrected chi connectivity index (χ2v) is 11.8. The fraction of sp³-hybridized carbons (Fsp3) is 0.267. The van der Waals surface area contributed by atoms with Gasteiger partial charge in [-0.05, 0) is 61.4 Å². The van der Waals surface area contributed by atoms with Crippen molar-refractivity contribution in [2.24, 2.45) is 11.0 Å². The molecule has 3 heterocycles. The van der Waals surface area contributed by atoms with E-state index in [1.165, 1.54) is 33.3 Å². The molecule has 0 radical (unpaired) electrons. The molecule has 7 heteroatoms. The molecule has 2 aliphatic rings. The van der Waals surface area contributed by atoms with Gasteiger partial charge < -0.3 is 0 Å². The number of amides is 1. The largest absolute Gasteiger partial charge is 0.272 e. The Labute approximate surface area is 225 Å². The minimum Gasteiger partial charge on any atom is -0.272 e.